The maximum Gasteiger partial charge on any atom is 0.272 e. The van der Waals surface area contributed by atoms with Crippen LogP contribution in [0.2, 0.25) is 0 Å². The molecule has 2 heterocycles. The van der Waals surface area contributed by atoms with E-state index in [0.717, 1.165) is 6.42 Å². The van der Waals surface area contributed by atoms with Gasteiger partial charge < -0.3 is 15.8 Å². The monoisotopic (exact) mass is 252 g/mol. The molecule has 1 aromatic rings. The molecule has 1 aliphatic heterocycles. The van der Waals surface area contributed by atoms with Crippen molar-refractivity contribution in [3.8, 4) is 0 Å². The summed E-state index contributed by atoms with van der Waals surface area (Å²) in [6, 6.07) is 0. The first-order valence-electron chi connectivity index (χ1n) is 6.08. The van der Waals surface area contributed by atoms with Crippen molar-refractivity contribution < 1.29 is 9.53 Å². The number of nitrogens with zero attached hydrogens (tertiary/aromatic N) is 2. The highest BCUT2D eigenvalue weighted by Gasteiger charge is 2.39. The Morgan fingerprint density at radius 1 is 1.67 bits per heavy atom. The fourth-order valence-electron chi connectivity index (χ4n) is 2.26. The molecule has 0 aliphatic carbocycles. The van der Waals surface area contributed by atoms with Crippen LogP contribution in [0.4, 0.5) is 5.69 Å². The third-order valence-corrected chi connectivity index (χ3v) is 3.77. The van der Waals surface area contributed by atoms with Gasteiger partial charge in [0.15, 0.2) is 0 Å². The number of nitrogen functional groups attached to an aromatic ring is 1. The predicted octanol–water partition coefficient (Wildman–Crippen LogP) is 0.608. The first-order chi connectivity index (χ1) is 8.35. The fraction of sp³-hybridized carbons (Fsp3) is 0.667. The number of hydrogen-bond donors (Lipinski definition) is 2. The van der Waals surface area contributed by atoms with Crippen molar-refractivity contribution in [3.05, 3.63) is 11.4 Å². The molecule has 18 heavy (non-hydrogen) atoms. The molecular weight excluding hydrogens is 232 g/mol. The molecule has 2 unspecified atom stereocenters. The summed E-state index contributed by atoms with van der Waals surface area (Å²) in [6.07, 6.45) is 0.799. The van der Waals surface area contributed by atoms with Crippen molar-refractivity contribution in [1.82, 2.24) is 15.1 Å². The Labute approximate surface area is 106 Å². The van der Waals surface area contributed by atoms with Gasteiger partial charge in [0.05, 0.1) is 23.0 Å². The second-order valence-electron chi connectivity index (χ2n) is 5.11. The lowest BCUT2D eigenvalue weighted by atomic mass is 9.94. The molecule has 0 radical (unpaired) electrons. The lowest BCUT2D eigenvalue weighted by Gasteiger charge is -2.28. The second-order valence-corrected chi connectivity index (χ2v) is 5.11. The molecule has 1 aliphatic rings. The Morgan fingerprint density at radius 3 is 2.78 bits per heavy atom. The van der Waals surface area contributed by atoms with Crippen LogP contribution < -0.4 is 11.1 Å². The Hall–Kier alpha value is -1.56. The van der Waals surface area contributed by atoms with Crippen molar-refractivity contribution >= 4 is 11.6 Å². The van der Waals surface area contributed by atoms with Crippen molar-refractivity contribution in [3.63, 3.8) is 0 Å². The van der Waals surface area contributed by atoms with Gasteiger partial charge in [-0.25, -0.2) is 0 Å². The number of nitrogens with one attached hydrogen (secondary N) is 1. The highest BCUT2D eigenvalue weighted by Crippen LogP contribution is 2.26. The number of rotatable bonds is 2. The van der Waals surface area contributed by atoms with Gasteiger partial charge in [-0.1, -0.05) is 0 Å². The largest absolute Gasteiger partial charge is 0.395 e. The van der Waals surface area contributed by atoms with Gasteiger partial charge in [-0.15, -0.1) is 0 Å². The van der Waals surface area contributed by atoms with E-state index in [2.05, 4.69) is 10.4 Å². The van der Waals surface area contributed by atoms with E-state index in [0.29, 0.717) is 23.7 Å². The van der Waals surface area contributed by atoms with Crippen LogP contribution in [0.15, 0.2) is 0 Å². The summed E-state index contributed by atoms with van der Waals surface area (Å²) in [5.74, 6) is -0.199. The van der Waals surface area contributed by atoms with Crippen LogP contribution in [0.3, 0.4) is 0 Å². The molecule has 2 atom stereocenters. The van der Waals surface area contributed by atoms with E-state index in [1.54, 1.807) is 14.0 Å². The van der Waals surface area contributed by atoms with Crippen LogP contribution in [0, 0.1) is 6.92 Å². The van der Waals surface area contributed by atoms with Gasteiger partial charge in [-0.05, 0) is 27.2 Å². The Kier molecular flexibility index (Phi) is 3.06. The average Bonchev–Trinajstić information content (AvgIpc) is 2.70. The summed E-state index contributed by atoms with van der Waals surface area (Å²) in [5.41, 5.74) is 7.05. The summed E-state index contributed by atoms with van der Waals surface area (Å²) in [5, 5.41) is 7.16. The van der Waals surface area contributed by atoms with Crippen LogP contribution in [-0.4, -0.2) is 33.9 Å². The molecule has 0 spiro atoms. The van der Waals surface area contributed by atoms with E-state index in [-0.39, 0.29) is 17.6 Å². The number of hydrogen-bond acceptors (Lipinski definition) is 4. The van der Waals surface area contributed by atoms with Crippen molar-refractivity contribution in [2.45, 2.75) is 38.8 Å². The van der Waals surface area contributed by atoms with Gasteiger partial charge in [0.2, 0.25) is 0 Å². The molecule has 1 saturated heterocycles. The van der Waals surface area contributed by atoms with E-state index in [9.17, 15) is 4.79 Å². The molecule has 0 aromatic carbocycles. The summed E-state index contributed by atoms with van der Waals surface area (Å²) in [6.45, 7) is 6.40. The number of amides is 1. The molecule has 3 N–H and O–H groups in total. The van der Waals surface area contributed by atoms with Crippen LogP contribution in [-0.2, 0) is 11.8 Å². The number of aryl methyl sites for hydroxylation is 2. The van der Waals surface area contributed by atoms with Gasteiger partial charge in [0, 0.05) is 13.7 Å². The van der Waals surface area contributed by atoms with Gasteiger partial charge in [0.25, 0.3) is 5.91 Å². The zero-order valence-corrected chi connectivity index (χ0v) is 11.3. The average molecular weight is 252 g/mol. The zero-order valence-electron chi connectivity index (χ0n) is 11.3. The summed E-state index contributed by atoms with van der Waals surface area (Å²) < 4.78 is 7.02. The van der Waals surface area contributed by atoms with Crippen LogP contribution in [0.25, 0.3) is 0 Å². The highest BCUT2D eigenvalue weighted by molar-refractivity contribution is 5.98. The molecule has 6 nitrogen and oxygen atoms in total. The fourth-order valence-corrected chi connectivity index (χ4v) is 2.26. The number of ether oxygens (including phenoxy) is 1. The van der Waals surface area contributed by atoms with E-state index in [4.69, 9.17) is 10.5 Å². The minimum absolute atomic E-state index is 0.00278. The lowest BCUT2D eigenvalue weighted by molar-refractivity contribution is 0.0721. The standard InChI is InChI=1S/C12H20N4O2/c1-7-9(13)10(16(4)15-7)11(17)14-12(3)5-6-18-8(12)2/h8H,5-6,13H2,1-4H3,(H,14,17). The SMILES string of the molecule is Cc1nn(C)c(C(=O)NC2(C)CCOC2C)c1N. The molecule has 2 rings (SSSR count). The van der Waals surface area contributed by atoms with Crippen molar-refractivity contribution in [1.29, 1.82) is 0 Å². The second kappa shape index (κ2) is 4.28. The molecule has 1 amide bonds. The van der Waals surface area contributed by atoms with E-state index < -0.39 is 0 Å². The Morgan fingerprint density at radius 2 is 2.33 bits per heavy atom. The van der Waals surface area contributed by atoms with E-state index in [1.165, 1.54) is 4.68 Å². The lowest BCUT2D eigenvalue weighted by Crippen LogP contribution is -2.51. The maximum absolute atomic E-state index is 12.3. The third kappa shape index (κ3) is 1.96. The summed E-state index contributed by atoms with van der Waals surface area (Å²) in [4.78, 5) is 12.3. The predicted molar refractivity (Wildman–Crippen MR) is 68.3 cm³/mol. The minimum Gasteiger partial charge on any atom is -0.395 e. The minimum atomic E-state index is -0.346. The molecule has 1 aromatic heterocycles. The van der Waals surface area contributed by atoms with Gasteiger partial charge >= 0.3 is 0 Å². The molecule has 1 fully saturated rings. The van der Waals surface area contributed by atoms with Gasteiger partial charge in [-0.2, -0.15) is 5.10 Å². The first-order valence-corrected chi connectivity index (χ1v) is 6.08. The van der Waals surface area contributed by atoms with Gasteiger partial charge in [0.1, 0.15) is 5.69 Å². The number of carbonyl (C=O) groups excluding carboxylic acids is 1. The smallest absolute Gasteiger partial charge is 0.272 e. The van der Waals surface area contributed by atoms with Gasteiger partial charge in [-0.3, -0.25) is 9.48 Å². The molecule has 100 valence electrons. The molecule has 0 saturated carbocycles. The molecule has 6 heteroatoms. The molecular formula is C12H20N4O2. The van der Waals surface area contributed by atoms with Crippen LogP contribution in [0.1, 0.15) is 36.5 Å². The van der Waals surface area contributed by atoms with Crippen LogP contribution in [0.5, 0.6) is 0 Å². The van der Waals surface area contributed by atoms with E-state index in [1.807, 2.05) is 13.8 Å². The Bertz CT molecular complexity index is 483. The number of aromatic nitrogens is 2. The van der Waals surface area contributed by atoms with Crippen molar-refractivity contribution in [2.75, 3.05) is 12.3 Å². The quantitative estimate of drug-likeness (QED) is 0.808. The number of carbonyl (C=O) groups is 1. The Balaban J connectivity index is 2.22. The normalized spacial score (nSPS) is 27.4. The van der Waals surface area contributed by atoms with Crippen molar-refractivity contribution in [2.24, 2.45) is 7.05 Å². The summed E-state index contributed by atoms with van der Waals surface area (Å²) >= 11 is 0. The number of nitrogens with two attached hydrogens (primary N) is 1. The molecule has 0 bridgehead atoms. The van der Waals surface area contributed by atoms with E-state index >= 15 is 0 Å². The maximum atomic E-state index is 12.3. The zero-order chi connectivity index (χ0) is 13.5. The first kappa shape index (κ1) is 12.9. The summed E-state index contributed by atoms with van der Waals surface area (Å²) in [7, 11) is 1.72. The number of anilines is 1. The van der Waals surface area contributed by atoms with Crippen LogP contribution >= 0.6 is 0 Å². The highest BCUT2D eigenvalue weighted by atomic mass is 16.5. The third-order valence-electron chi connectivity index (χ3n) is 3.77. The topological polar surface area (TPSA) is 82.2 Å².